The minimum atomic E-state index is -4.58. The van der Waals surface area contributed by atoms with Crippen molar-refractivity contribution in [1.29, 1.82) is 0 Å². The number of benzene rings is 4. The second-order valence-corrected chi connectivity index (χ2v) is 30.6. The summed E-state index contributed by atoms with van der Waals surface area (Å²) in [4.78, 5) is 44.9. The molecule has 0 unspecified atom stereocenters. The van der Waals surface area contributed by atoms with Gasteiger partial charge in [-0.15, -0.1) is 5.06 Å². The van der Waals surface area contributed by atoms with Gasteiger partial charge >= 0.3 is 154 Å². The third-order valence-electron chi connectivity index (χ3n) is 16.0. The van der Waals surface area contributed by atoms with Crippen LogP contribution in [-0.2, 0) is 80.6 Å². The van der Waals surface area contributed by atoms with E-state index in [0.29, 0.717) is 83.9 Å². The molecule has 24 nitrogen and oxygen atoms in total. The van der Waals surface area contributed by atoms with Crippen molar-refractivity contribution in [3.05, 3.63) is 131 Å². The number of ether oxygens (including phenoxy) is 1. The molecule has 0 aromatic heterocycles. The van der Waals surface area contributed by atoms with Gasteiger partial charge in [-0.05, 0) is 166 Å². The Morgan fingerprint density at radius 2 is 1.20 bits per heavy atom. The van der Waals surface area contributed by atoms with E-state index in [1.54, 1.807) is 29.2 Å². The Kier molecular flexibility index (Phi) is 32.3. The number of hydroxylamine groups is 2. The normalized spacial score (nSPS) is 17.2. The third-order valence-corrected chi connectivity index (χ3v) is 20.1. The van der Waals surface area contributed by atoms with E-state index in [2.05, 4.69) is 4.58 Å². The number of carbonyl (C=O) groups excluding carboxylic acids is 3. The molecule has 2 amide bonds. The molecule has 34 heteroatoms. The number of unbranched alkanes of at least 4 members (excludes halogenated alkanes) is 2. The van der Waals surface area contributed by atoms with E-state index in [1.165, 1.54) is 36.4 Å². The number of allylic oxidation sites excluding steroid dienone is 7. The van der Waals surface area contributed by atoms with Crippen molar-refractivity contribution in [1.82, 2.24) is 5.06 Å². The summed E-state index contributed by atoms with van der Waals surface area (Å²) in [7, 11) is -22.2. The van der Waals surface area contributed by atoms with Crippen molar-refractivity contribution in [3.63, 3.8) is 0 Å². The summed E-state index contributed by atoms with van der Waals surface area (Å²) in [6.07, 6.45) is 10.5. The average Bonchev–Trinajstić information content (AvgIpc) is 1.60. The molecule has 0 atom stereocenters. The van der Waals surface area contributed by atoms with Crippen molar-refractivity contribution in [3.8, 4) is 5.75 Å². The smallest absolute Gasteiger partial charge is 0.457 e. The fourth-order valence-corrected chi connectivity index (χ4v) is 14.2. The van der Waals surface area contributed by atoms with Crippen LogP contribution in [-0.4, -0.2) is 141 Å². The van der Waals surface area contributed by atoms with Crippen molar-refractivity contribution >= 4 is 102 Å². The zero-order chi connectivity index (χ0) is 64.4. The molecule has 4 aromatic carbocycles. The number of imide groups is 1. The summed E-state index contributed by atoms with van der Waals surface area (Å²) in [5, 5.41) is 1.80. The first kappa shape index (κ1) is 85.6. The number of fused-ring (bicyclic) bond motifs is 4. The van der Waals surface area contributed by atoms with E-state index in [-0.39, 0.29) is 221 Å². The van der Waals surface area contributed by atoms with Crippen LogP contribution in [0.2, 0.25) is 0 Å². The first-order valence-electron chi connectivity index (χ1n) is 28.4. The Hall–Kier alpha value is -1.67. The van der Waals surface area contributed by atoms with Gasteiger partial charge in [0.25, 0.3) is 62.4 Å². The Morgan fingerprint density at radius 3 is 1.78 bits per heavy atom. The van der Waals surface area contributed by atoms with Crippen LogP contribution in [0.15, 0.2) is 129 Å². The fraction of sp³-hybridized carbons (Fsp3) is 0.424. The maximum absolute atomic E-state index is 12.7. The molecule has 1 saturated heterocycles. The summed E-state index contributed by atoms with van der Waals surface area (Å²) < 4.78 is 177. The van der Waals surface area contributed by atoms with Crippen LogP contribution in [0.3, 0.4) is 0 Å². The molecule has 3 heterocycles. The van der Waals surface area contributed by atoms with Gasteiger partial charge in [0.15, 0.2) is 5.71 Å². The quantitative estimate of drug-likeness (QED) is 0.0122. The van der Waals surface area contributed by atoms with E-state index in [9.17, 15) is 79.2 Å². The molecule has 0 spiro atoms. The summed E-state index contributed by atoms with van der Waals surface area (Å²) in [6.45, 7) is 8.65. The molecule has 5 N–H and O–H groups in total. The SMILES string of the molecule is CC1(C)C(/C=C/C2=C(Oc3ccc(S(=O)(=O)O)cc3)C(=C/C=C3/N(CCCS(=O)(=O)O)c4ccc(N(CCCS(=O)(=O)O)CCCS(=O)(=O)O)cc4C3(C)C)/CCC2)=[N+](CCCCCC(=O)ON2C(=O)CCC2=O)c2ccc3cc(S(=O)(=O)O)ccc3c21.[Na+].[Na+].[Na+].[Na+].[Na+]. The van der Waals surface area contributed by atoms with Gasteiger partial charge in [-0.25, -0.2) is 4.79 Å². The Labute approximate surface area is 654 Å². The number of hydrogen-bond donors (Lipinski definition) is 5. The van der Waals surface area contributed by atoms with Gasteiger partial charge in [0.2, 0.25) is 5.69 Å². The largest absolute Gasteiger partial charge is 1.00 e. The maximum atomic E-state index is 12.7. The van der Waals surface area contributed by atoms with Gasteiger partial charge in [0, 0.05) is 85.5 Å². The summed E-state index contributed by atoms with van der Waals surface area (Å²) in [5.74, 6) is -2.94. The molecule has 8 rings (SSSR count). The topological polar surface area (TPSA) is 354 Å². The number of rotatable bonds is 27. The van der Waals surface area contributed by atoms with Crippen LogP contribution >= 0.6 is 0 Å². The monoisotopic (exact) mass is 1430 g/mol. The van der Waals surface area contributed by atoms with Crippen LogP contribution in [0.1, 0.15) is 116 Å². The van der Waals surface area contributed by atoms with Gasteiger partial charge in [-0.1, -0.05) is 26.0 Å². The molecule has 0 radical (unpaired) electrons. The molecule has 0 saturated carbocycles. The Morgan fingerprint density at radius 1 is 0.624 bits per heavy atom. The molecule has 93 heavy (non-hydrogen) atoms. The fourth-order valence-electron chi connectivity index (χ4n) is 11.8. The predicted octanol–water partition coefficient (Wildman–Crippen LogP) is -6.78. The van der Waals surface area contributed by atoms with Crippen LogP contribution in [0.5, 0.6) is 5.75 Å². The number of anilines is 2. The van der Waals surface area contributed by atoms with Crippen LogP contribution < -0.4 is 162 Å². The van der Waals surface area contributed by atoms with Gasteiger partial charge in [-0.2, -0.15) is 46.7 Å². The Bertz CT molecular complexity index is 4160. The zero-order valence-corrected chi connectivity index (χ0v) is 67.9. The molecule has 4 aliphatic rings. The van der Waals surface area contributed by atoms with Gasteiger partial charge < -0.3 is 19.4 Å². The van der Waals surface area contributed by atoms with E-state index < -0.39 is 96.5 Å². The average molecular weight is 1430 g/mol. The van der Waals surface area contributed by atoms with E-state index in [1.807, 2.05) is 69.0 Å². The van der Waals surface area contributed by atoms with Crippen LogP contribution in [0, 0.1) is 0 Å². The van der Waals surface area contributed by atoms with Crippen molar-refractivity contribution in [2.45, 2.75) is 125 Å². The number of nitrogens with zero attached hydrogens (tertiary/aromatic N) is 4. The third kappa shape index (κ3) is 22.4. The molecule has 1 fully saturated rings. The molecular weight excluding hydrogens is 1360 g/mol. The van der Waals surface area contributed by atoms with Crippen molar-refractivity contribution < 1.29 is 241 Å². The van der Waals surface area contributed by atoms with Crippen molar-refractivity contribution in [2.24, 2.45) is 0 Å². The van der Waals surface area contributed by atoms with E-state index >= 15 is 0 Å². The first-order valence-corrected chi connectivity index (χ1v) is 36.1. The van der Waals surface area contributed by atoms with E-state index in [4.69, 9.17) is 9.57 Å². The molecular formula is C59H71N4Na5O20S5+6. The first-order chi connectivity index (χ1) is 41.0. The maximum Gasteiger partial charge on any atom is 1.00 e. The van der Waals surface area contributed by atoms with Crippen LogP contribution in [0.4, 0.5) is 17.1 Å². The minimum Gasteiger partial charge on any atom is -0.457 e. The predicted molar refractivity (Wildman–Crippen MR) is 327 cm³/mol. The zero-order valence-electron chi connectivity index (χ0n) is 53.9. The second kappa shape index (κ2) is 35.1. The van der Waals surface area contributed by atoms with Gasteiger partial charge in [0.1, 0.15) is 18.1 Å². The molecule has 3 aliphatic heterocycles. The number of amides is 2. The van der Waals surface area contributed by atoms with E-state index in [0.717, 1.165) is 33.5 Å². The number of carbonyl (C=O) groups is 3. The molecule has 0 bridgehead atoms. The minimum absolute atomic E-state index is 0. The van der Waals surface area contributed by atoms with Gasteiger partial charge in [0.05, 0.1) is 32.5 Å². The second-order valence-electron chi connectivity index (χ2n) is 23.1. The summed E-state index contributed by atoms with van der Waals surface area (Å²) in [5.41, 5.74) is 4.96. The van der Waals surface area contributed by atoms with Crippen molar-refractivity contribution in [2.75, 3.05) is 53.2 Å². The standard InChI is InChI=1S/C59H70N4O20S5.5Na/c1-58(2)48-39-43(60(31-9-35-84(67,68)69)32-10-36-85(70,71)72)18-26-49(48)61(34-11-37-86(73,74)75)51(58)27-16-40-12-8-13-41(57(40)82-44-19-21-45(22-20-44)87(76,77)78)17-28-52-59(3,4)56-47-24-23-46(88(79,80)81)38-42(47)15-25-50(56)62(52)33-7-5-6-14-55(66)83-63-53(64)29-30-54(63)65;;;;;/h15-28,38-39H,5-14,29-37H2,1-4H3,(H4-,67,68,69,70,71,72,73,74,75,76,77,78,79,80,81);;;;;/q;5*+1/p+1. The Balaban J connectivity index is 0.00000451. The van der Waals surface area contributed by atoms with Gasteiger partial charge in [-0.3, -0.25) is 32.4 Å². The molecule has 1 aliphatic carbocycles. The summed E-state index contributed by atoms with van der Waals surface area (Å²) in [6, 6.07) is 18.6. The number of hydrogen-bond acceptors (Lipinski definition) is 17. The molecule has 476 valence electrons. The van der Waals surface area contributed by atoms with Crippen LogP contribution in [0.25, 0.3) is 10.8 Å². The summed E-state index contributed by atoms with van der Waals surface area (Å²) >= 11 is 0. The molecule has 4 aromatic rings.